The second kappa shape index (κ2) is 10.8. The summed E-state index contributed by atoms with van der Waals surface area (Å²) in [5.74, 6) is 0.757. The number of halogens is 1. The van der Waals surface area contributed by atoms with Gasteiger partial charge in [-0.1, -0.05) is 12.1 Å². The number of hydrogen-bond donors (Lipinski definition) is 1. The van der Waals surface area contributed by atoms with Gasteiger partial charge < -0.3 is 15.0 Å². The number of ether oxygens (including phenoxy) is 1. The fourth-order valence-electron chi connectivity index (χ4n) is 4.07. The third-order valence-electron chi connectivity index (χ3n) is 6.11. The van der Waals surface area contributed by atoms with Crippen LogP contribution in [0.1, 0.15) is 40.2 Å². The van der Waals surface area contributed by atoms with E-state index in [0.717, 1.165) is 29.7 Å². The SMILES string of the molecule is COc1ccc(CNC(=O)CC2CCN(C(=O)c3sc(-c4ccc(F)cc4)nc3C)CC2)cc1. The van der Waals surface area contributed by atoms with Gasteiger partial charge in [0, 0.05) is 31.6 Å². The van der Waals surface area contributed by atoms with Crippen molar-refractivity contribution in [2.75, 3.05) is 20.2 Å². The number of nitrogens with one attached hydrogen (secondary N) is 1. The second-order valence-electron chi connectivity index (χ2n) is 8.50. The van der Waals surface area contributed by atoms with Crippen molar-refractivity contribution in [1.82, 2.24) is 15.2 Å². The van der Waals surface area contributed by atoms with Crippen molar-refractivity contribution in [3.8, 4) is 16.3 Å². The van der Waals surface area contributed by atoms with Crippen molar-refractivity contribution in [2.45, 2.75) is 32.7 Å². The number of methoxy groups -OCH3 is 1. The molecular formula is C26H28FN3O3S. The van der Waals surface area contributed by atoms with Crippen molar-refractivity contribution < 1.29 is 18.7 Å². The summed E-state index contributed by atoms with van der Waals surface area (Å²) >= 11 is 1.34. The number of aryl methyl sites for hydroxylation is 1. The van der Waals surface area contributed by atoms with Crippen molar-refractivity contribution in [3.05, 3.63) is 70.5 Å². The van der Waals surface area contributed by atoms with Crippen LogP contribution in [0.3, 0.4) is 0 Å². The molecule has 1 fully saturated rings. The molecule has 4 rings (SSSR count). The number of nitrogens with zero attached hydrogens (tertiary/aromatic N) is 2. The van der Waals surface area contributed by atoms with Gasteiger partial charge in [0.2, 0.25) is 5.91 Å². The van der Waals surface area contributed by atoms with E-state index in [-0.39, 0.29) is 23.5 Å². The van der Waals surface area contributed by atoms with Gasteiger partial charge in [-0.3, -0.25) is 9.59 Å². The Hall–Kier alpha value is -3.26. The van der Waals surface area contributed by atoms with Gasteiger partial charge in [-0.15, -0.1) is 11.3 Å². The third-order valence-corrected chi connectivity index (χ3v) is 7.30. The number of carbonyl (C=O) groups is 2. The minimum Gasteiger partial charge on any atom is -0.497 e. The van der Waals surface area contributed by atoms with Gasteiger partial charge >= 0.3 is 0 Å². The number of amides is 2. The Bertz CT molecular complexity index is 1140. The first-order chi connectivity index (χ1) is 16.4. The topological polar surface area (TPSA) is 71.5 Å². The van der Waals surface area contributed by atoms with Crippen molar-refractivity contribution in [2.24, 2.45) is 5.92 Å². The van der Waals surface area contributed by atoms with Crippen LogP contribution < -0.4 is 10.1 Å². The highest BCUT2D eigenvalue weighted by atomic mass is 32.1. The molecule has 1 aliphatic rings. The van der Waals surface area contributed by atoms with Crippen LogP contribution in [-0.4, -0.2) is 41.9 Å². The van der Waals surface area contributed by atoms with E-state index in [1.54, 1.807) is 19.2 Å². The Labute approximate surface area is 202 Å². The molecule has 1 N–H and O–H groups in total. The van der Waals surface area contributed by atoms with Crippen molar-refractivity contribution in [1.29, 1.82) is 0 Å². The predicted molar refractivity (Wildman–Crippen MR) is 130 cm³/mol. The zero-order valence-corrected chi connectivity index (χ0v) is 20.2. The molecule has 1 aliphatic heterocycles. The zero-order chi connectivity index (χ0) is 24.1. The molecule has 0 radical (unpaired) electrons. The summed E-state index contributed by atoms with van der Waals surface area (Å²) in [4.78, 5) is 32.5. The molecular weight excluding hydrogens is 453 g/mol. The Balaban J connectivity index is 1.26. The monoisotopic (exact) mass is 481 g/mol. The Morgan fingerprint density at radius 1 is 1.12 bits per heavy atom. The van der Waals surface area contributed by atoms with E-state index >= 15 is 0 Å². The highest BCUT2D eigenvalue weighted by Crippen LogP contribution is 2.30. The standard InChI is InChI=1S/C26H28FN3O3S/c1-17-24(34-25(29-17)20-5-7-21(27)8-6-20)26(32)30-13-11-18(12-14-30)15-23(31)28-16-19-3-9-22(33-2)10-4-19/h3-10,18H,11-16H2,1-2H3,(H,28,31). The molecule has 0 spiro atoms. The molecule has 1 aromatic heterocycles. The maximum atomic E-state index is 13.2. The van der Waals surface area contributed by atoms with Crippen molar-refractivity contribution in [3.63, 3.8) is 0 Å². The number of likely N-dealkylation sites (tertiary alicyclic amines) is 1. The molecule has 8 heteroatoms. The van der Waals surface area contributed by atoms with Crippen LogP contribution >= 0.6 is 11.3 Å². The van der Waals surface area contributed by atoms with E-state index < -0.39 is 0 Å². The number of rotatable bonds is 7. The molecule has 0 saturated carbocycles. The first-order valence-corrected chi connectivity index (χ1v) is 12.2. The van der Waals surface area contributed by atoms with Crippen LogP contribution in [0.15, 0.2) is 48.5 Å². The summed E-state index contributed by atoms with van der Waals surface area (Å²) in [6.07, 6.45) is 2.06. The maximum absolute atomic E-state index is 13.2. The molecule has 0 aliphatic carbocycles. The number of benzene rings is 2. The molecule has 3 aromatic rings. The Morgan fingerprint density at radius 3 is 2.44 bits per heavy atom. The predicted octanol–water partition coefficient (Wildman–Crippen LogP) is 4.82. The largest absolute Gasteiger partial charge is 0.497 e. The summed E-state index contributed by atoms with van der Waals surface area (Å²) in [5.41, 5.74) is 2.51. The number of carbonyl (C=O) groups excluding carboxylic acids is 2. The zero-order valence-electron chi connectivity index (χ0n) is 19.3. The van der Waals surface area contributed by atoms with Crippen LogP contribution in [0.4, 0.5) is 4.39 Å². The van der Waals surface area contributed by atoms with Crippen LogP contribution in [0.2, 0.25) is 0 Å². The number of piperidine rings is 1. The average molecular weight is 482 g/mol. The highest BCUT2D eigenvalue weighted by Gasteiger charge is 2.27. The van der Waals surface area contributed by atoms with Gasteiger partial charge in [0.25, 0.3) is 5.91 Å². The smallest absolute Gasteiger partial charge is 0.265 e. The molecule has 1 saturated heterocycles. The van der Waals surface area contributed by atoms with E-state index in [1.807, 2.05) is 36.1 Å². The quantitative estimate of drug-likeness (QED) is 0.525. The van der Waals surface area contributed by atoms with E-state index in [1.165, 1.54) is 23.5 Å². The molecule has 0 unspecified atom stereocenters. The minimum atomic E-state index is -0.300. The molecule has 0 bridgehead atoms. The lowest BCUT2D eigenvalue weighted by Gasteiger charge is -2.31. The third kappa shape index (κ3) is 5.80. The minimum absolute atomic E-state index is 0.0224. The fourth-order valence-corrected chi connectivity index (χ4v) is 5.11. The molecule has 2 aromatic carbocycles. The average Bonchev–Trinajstić information content (AvgIpc) is 3.25. The lowest BCUT2D eigenvalue weighted by atomic mass is 9.93. The first-order valence-electron chi connectivity index (χ1n) is 11.3. The summed E-state index contributed by atoms with van der Waals surface area (Å²) in [7, 11) is 1.62. The Kier molecular flexibility index (Phi) is 7.57. The number of thiazole rings is 1. The van der Waals surface area contributed by atoms with Crippen LogP contribution in [0, 0.1) is 18.7 Å². The van der Waals surface area contributed by atoms with Gasteiger partial charge in [-0.2, -0.15) is 0 Å². The second-order valence-corrected chi connectivity index (χ2v) is 9.50. The molecule has 34 heavy (non-hydrogen) atoms. The van der Waals surface area contributed by atoms with Gasteiger partial charge in [-0.05, 0) is 67.6 Å². The van der Waals surface area contributed by atoms with Crippen LogP contribution in [-0.2, 0) is 11.3 Å². The normalized spacial score (nSPS) is 14.1. The summed E-state index contributed by atoms with van der Waals surface area (Å²) in [6.45, 7) is 3.56. The molecule has 0 atom stereocenters. The number of hydrogen-bond acceptors (Lipinski definition) is 5. The maximum Gasteiger partial charge on any atom is 0.265 e. The van der Waals surface area contributed by atoms with Gasteiger partial charge in [-0.25, -0.2) is 9.37 Å². The van der Waals surface area contributed by atoms with Gasteiger partial charge in [0.15, 0.2) is 0 Å². The highest BCUT2D eigenvalue weighted by molar-refractivity contribution is 7.17. The van der Waals surface area contributed by atoms with E-state index in [9.17, 15) is 14.0 Å². The van der Waals surface area contributed by atoms with E-state index in [0.29, 0.717) is 41.6 Å². The summed E-state index contributed by atoms with van der Waals surface area (Å²) in [6, 6.07) is 13.8. The van der Waals surface area contributed by atoms with E-state index in [4.69, 9.17) is 4.74 Å². The van der Waals surface area contributed by atoms with Gasteiger partial charge in [0.05, 0.1) is 12.8 Å². The Morgan fingerprint density at radius 2 is 1.79 bits per heavy atom. The molecule has 2 heterocycles. The summed E-state index contributed by atoms with van der Waals surface area (Å²) in [5, 5.41) is 3.69. The van der Waals surface area contributed by atoms with Gasteiger partial charge in [0.1, 0.15) is 21.5 Å². The van der Waals surface area contributed by atoms with Crippen LogP contribution in [0.25, 0.3) is 10.6 Å². The molecule has 6 nitrogen and oxygen atoms in total. The molecule has 178 valence electrons. The van der Waals surface area contributed by atoms with E-state index in [2.05, 4.69) is 10.3 Å². The molecule has 2 amide bonds. The summed E-state index contributed by atoms with van der Waals surface area (Å²) < 4.78 is 18.4. The van der Waals surface area contributed by atoms with Crippen molar-refractivity contribution >= 4 is 23.2 Å². The van der Waals surface area contributed by atoms with Crippen LogP contribution in [0.5, 0.6) is 5.75 Å². The lowest BCUT2D eigenvalue weighted by Crippen LogP contribution is -2.39. The lowest BCUT2D eigenvalue weighted by molar-refractivity contribution is -0.122. The fraction of sp³-hybridized carbons (Fsp3) is 0.346. The number of aromatic nitrogens is 1. The first kappa shape index (κ1) is 23.9.